The van der Waals surface area contributed by atoms with Crippen LogP contribution in [0.5, 0.6) is 0 Å². The van der Waals surface area contributed by atoms with Crippen molar-refractivity contribution in [2.24, 2.45) is 21.7 Å². The molecule has 1 heterocycles. The summed E-state index contributed by atoms with van der Waals surface area (Å²) in [5.41, 5.74) is 15.4. The van der Waals surface area contributed by atoms with Crippen molar-refractivity contribution in [3.05, 3.63) is 58.1 Å². The van der Waals surface area contributed by atoms with Crippen LogP contribution in [0.15, 0.2) is 40.8 Å². The molecule has 0 saturated carbocycles. The Morgan fingerprint density at radius 3 is 2.74 bits per heavy atom. The Balaban J connectivity index is 2.08. The van der Waals surface area contributed by atoms with Crippen molar-refractivity contribution in [2.75, 3.05) is 0 Å². The van der Waals surface area contributed by atoms with Gasteiger partial charge >= 0.3 is 0 Å². The van der Waals surface area contributed by atoms with Crippen LogP contribution in [0.3, 0.4) is 0 Å². The van der Waals surface area contributed by atoms with Crippen LogP contribution in [0.2, 0.25) is 5.02 Å². The Hall–Kier alpha value is -2.47. The van der Waals surface area contributed by atoms with Gasteiger partial charge in [0.25, 0.3) is 0 Å². The Morgan fingerprint density at radius 2 is 2.00 bits per heavy atom. The summed E-state index contributed by atoms with van der Waals surface area (Å²) in [4.78, 5) is 8.67. The predicted octanol–water partition coefficient (Wildman–Crippen LogP) is 2.15. The molecule has 6 nitrogen and oxygen atoms in total. The Morgan fingerprint density at radius 1 is 1.22 bits per heavy atom. The number of aromatic nitrogens is 2. The van der Waals surface area contributed by atoms with E-state index >= 15 is 0 Å². The molecular weight excluding hydrogens is 312 g/mol. The second kappa shape index (κ2) is 6.34. The van der Waals surface area contributed by atoms with Crippen molar-refractivity contribution >= 4 is 23.3 Å². The lowest BCUT2D eigenvalue weighted by Gasteiger charge is -2.26. The van der Waals surface area contributed by atoms with E-state index in [1.54, 1.807) is 6.33 Å². The Labute approximate surface area is 139 Å². The van der Waals surface area contributed by atoms with Crippen LogP contribution in [0.4, 0.5) is 0 Å². The number of halogens is 1. The molecule has 0 saturated heterocycles. The summed E-state index contributed by atoms with van der Waals surface area (Å²) in [5.74, 6) is 0.104. The van der Waals surface area contributed by atoms with Crippen LogP contribution in [0.1, 0.15) is 34.9 Å². The first-order valence-electron chi connectivity index (χ1n) is 7.27. The molecule has 0 aliphatic heterocycles. The van der Waals surface area contributed by atoms with Gasteiger partial charge in [-0.25, -0.2) is 9.97 Å². The number of nitrogens with two attached hydrogens (primary N) is 2. The van der Waals surface area contributed by atoms with Crippen LogP contribution in [0, 0.1) is 6.92 Å². The molecule has 0 spiro atoms. The molecule has 1 aliphatic carbocycles. The zero-order chi connectivity index (χ0) is 16.4. The lowest BCUT2D eigenvalue weighted by atomic mass is 9.81. The van der Waals surface area contributed by atoms with E-state index < -0.39 is 0 Å². The molecule has 1 aliphatic rings. The van der Waals surface area contributed by atoms with Gasteiger partial charge in [0.2, 0.25) is 5.96 Å². The summed E-state index contributed by atoms with van der Waals surface area (Å²) < 4.78 is 0. The molecule has 23 heavy (non-hydrogen) atoms. The Bertz CT molecular complexity index is 795. The molecule has 4 N–H and O–H groups in total. The van der Waals surface area contributed by atoms with E-state index in [0.29, 0.717) is 6.42 Å². The zero-order valence-electron chi connectivity index (χ0n) is 12.7. The van der Waals surface area contributed by atoms with Crippen molar-refractivity contribution in [2.45, 2.75) is 25.7 Å². The maximum absolute atomic E-state index is 6.35. The number of fused-ring (bicyclic) bond motifs is 1. The summed E-state index contributed by atoms with van der Waals surface area (Å²) >= 11 is 6.35. The summed E-state index contributed by atoms with van der Waals surface area (Å²) in [6, 6.07) is 7.83. The number of nitrogens with zero attached hydrogens (tertiary/aromatic N) is 4. The largest absolute Gasteiger partial charge is 0.369 e. The van der Waals surface area contributed by atoms with Gasteiger partial charge in [0, 0.05) is 10.6 Å². The minimum atomic E-state index is -0.0755. The minimum absolute atomic E-state index is 0.0755. The molecule has 3 rings (SSSR count). The zero-order valence-corrected chi connectivity index (χ0v) is 13.5. The van der Waals surface area contributed by atoms with Gasteiger partial charge in [0.1, 0.15) is 6.33 Å². The highest BCUT2D eigenvalue weighted by atomic mass is 35.5. The monoisotopic (exact) mass is 328 g/mol. The smallest absolute Gasteiger partial charge is 0.211 e. The highest BCUT2D eigenvalue weighted by Crippen LogP contribution is 2.36. The van der Waals surface area contributed by atoms with Crippen LogP contribution in [-0.2, 0) is 6.42 Å². The summed E-state index contributed by atoms with van der Waals surface area (Å²) in [5, 5.41) is 8.78. The quantitative estimate of drug-likeness (QED) is 0.501. The van der Waals surface area contributed by atoms with Crippen LogP contribution >= 0.6 is 11.6 Å². The molecule has 0 radical (unpaired) electrons. The molecule has 1 atom stereocenters. The summed E-state index contributed by atoms with van der Waals surface area (Å²) in [6.07, 6.45) is 3.03. The van der Waals surface area contributed by atoms with Crippen molar-refractivity contribution in [1.82, 2.24) is 9.97 Å². The van der Waals surface area contributed by atoms with Crippen molar-refractivity contribution in [3.63, 3.8) is 0 Å². The third kappa shape index (κ3) is 3.17. The standard InChI is InChI=1S/C16H17ClN6/c1-9-15-13(21-8-20-9)6-10(7-14(15)22-23-16(18)19)11-4-2-3-5-12(11)17/h2-5,8,10H,6-7H2,1H3,(H4,18,19,23). The van der Waals surface area contributed by atoms with Gasteiger partial charge < -0.3 is 11.5 Å². The fourth-order valence-corrected chi connectivity index (χ4v) is 3.22. The number of benzene rings is 1. The molecule has 0 bridgehead atoms. The van der Waals surface area contributed by atoms with Gasteiger partial charge in [-0.1, -0.05) is 29.8 Å². The fourth-order valence-electron chi connectivity index (χ4n) is 2.93. The second-order valence-electron chi connectivity index (χ2n) is 5.48. The minimum Gasteiger partial charge on any atom is -0.369 e. The van der Waals surface area contributed by atoms with E-state index in [1.807, 2.05) is 31.2 Å². The maximum atomic E-state index is 6.35. The van der Waals surface area contributed by atoms with Crippen LogP contribution in [-0.4, -0.2) is 21.6 Å². The lowest BCUT2D eigenvalue weighted by molar-refractivity contribution is 0.673. The Kier molecular flexibility index (Phi) is 4.25. The van der Waals surface area contributed by atoms with Gasteiger partial charge in [0.05, 0.1) is 17.1 Å². The van der Waals surface area contributed by atoms with Gasteiger partial charge in [0.15, 0.2) is 0 Å². The molecule has 7 heteroatoms. The number of hydrogen-bond acceptors (Lipinski definition) is 4. The SMILES string of the molecule is Cc1ncnc2c1C(=NN=C(N)N)CC(c1ccccc1Cl)C2. The highest BCUT2D eigenvalue weighted by molar-refractivity contribution is 6.31. The molecule has 118 valence electrons. The van der Waals surface area contributed by atoms with Crippen LogP contribution < -0.4 is 11.5 Å². The first-order valence-corrected chi connectivity index (χ1v) is 7.64. The maximum Gasteiger partial charge on any atom is 0.211 e. The molecule has 2 aromatic rings. The molecule has 1 aromatic heterocycles. The summed E-state index contributed by atoms with van der Waals surface area (Å²) in [6.45, 7) is 1.93. The van der Waals surface area contributed by atoms with E-state index in [1.165, 1.54) is 0 Å². The molecule has 1 unspecified atom stereocenters. The topological polar surface area (TPSA) is 103 Å². The molecular formula is C16H17ClN6. The third-order valence-electron chi connectivity index (χ3n) is 3.91. The summed E-state index contributed by atoms with van der Waals surface area (Å²) in [7, 11) is 0. The van der Waals surface area contributed by atoms with Crippen molar-refractivity contribution in [3.8, 4) is 0 Å². The van der Waals surface area contributed by atoms with Gasteiger partial charge in [-0.15, -0.1) is 5.10 Å². The van der Waals surface area contributed by atoms with Crippen molar-refractivity contribution < 1.29 is 0 Å². The van der Waals surface area contributed by atoms with Gasteiger partial charge in [-0.2, -0.15) is 5.10 Å². The average molecular weight is 329 g/mol. The number of guanidine groups is 1. The first kappa shape index (κ1) is 15.4. The molecule has 1 aromatic carbocycles. The number of hydrogen-bond donors (Lipinski definition) is 2. The molecule has 0 amide bonds. The predicted molar refractivity (Wildman–Crippen MR) is 91.6 cm³/mol. The van der Waals surface area contributed by atoms with Gasteiger partial charge in [-0.3, -0.25) is 0 Å². The van der Waals surface area contributed by atoms with E-state index in [4.69, 9.17) is 23.1 Å². The normalized spacial score (nSPS) is 18.5. The average Bonchev–Trinajstić information content (AvgIpc) is 2.53. The van der Waals surface area contributed by atoms with Gasteiger partial charge in [-0.05, 0) is 37.3 Å². The highest BCUT2D eigenvalue weighted by Gasteiger charge is 2.28. The second-order valence-corrected chi connectivity index (χ2v) is 5.89. The third-order valence-corrected chi connectivity index (χ3v) is 4.26. The van der Waals surface area contributed by atoms with Crippen molar-refractivity contribution in [1.29, 1.82) is 0 Å². The number of aryl methyl sites for hydroxylation is 1. The lowest BCUT2D eigenvalue weighted by Crippen LogP contribution is -2.24. The van der Waals surface area contributed by atoms with E-state index in [0.717, 1.165) is 39.7 Å². The van der Waals surface area contributed by atoms with E-state index in [2.05, 4.69) is 20.2 Å². The molecule has 0 fully saturated rings. The number of rotatable bonds is 2. The first-order chi connectivity index (χ1) is 11.1. The van der Waals surface area contributed by atoms with E-state index in [-0.39, 0.29) is 11.9 Å². The van der Waals surface area contributed by atoms with Crippen LogP contribution in [0.25, 0.3) is 0 Å². The fraction of sp³-hybridized carbons (Fsp3) is 0.250. The van der Waals surface area contributed by atoms with E-state index in [9.17, 15) is 0 Å².